The highest BCUT2D eigenvalue weighted by Crippen LogP contribution is 2.09. The molecule has 0 saturated carbocycles. The Hall–Kier alpha value is -0.530. The summed E-state index contributed by atoms with van der Waals surface area (Å²) in [6.07, 6.45) is 2.80. The van der Waals surface area contributed by atoms with Gasteiger partial charge in [0.2, 0.25) is 5.91 Å². The van der Waals surface area contributed by atoms with Gasteiger partial charge < -0.3 is 4.90 Å². The summed E-state index contributed by atoms with van der Waals surface area (Å²) in [5.41, 5.74) is 0. The van der Waals surface area contributed by atoms with Crippen molar-refractivity contribution in [1.29, 1.82) is 0 Å². The SMILES string of the molecule is CCCCC(=O)N(C(C)C)C(C)C. The number of amides is 1. The van der Waals surface area contributed by atoms with E-state index in [-0.39, 0.29) is 0 Å². The smallest absolute Gasteiger partial charge is 0.223 e. The number of hydrogen-bond acceptors (Lipinski definition) is 1. The van der Waals surface area contributed by atoms with Crippen molar-refractivity contribution in [2.45, 2.75) is 66.0 Å². The van der Waals surface area contributed by atoms with Crippen molar-refractivity contribution in [3.05, 3.63) is 0 Å². The normalized spacial score (nSPS) is 11.0. The summed E-state index contributed by atoms with van der Waals surface area (Å²) in [6, 6.07) is 0.647. The summed E-state index contributed by atoms with van der Waals surface area (Å²) in [5.74, 6) is 0.298. The minimum absolute atomic E-state index is 0.298. The van der Waals surface area contributed by atoms with Crippen LogP contribution in [-0.2, 0) is 4.79 Å². The second-order valence-electron chi connectivity index (χ2n) is 4.09. The molecule has 0 N–H and O–H groups in total. The fourth-order valence-corrected chi connectivity index (χ4v) is 1.63. The Balaban J connectivity index is 4.13. The van der Waals surface area contributed by atoms with Gasteiger partial charge in [-0.05, 0) is 34.1 Å². The summed E-state index contributed by atoms with van der Waals surface area (Å²) in [4.78, 5) is 13.7. The van der Waals surface area contributed by atoms with Crippen LogP contribution in [-0.4, -0.2) is 22.9 Å². The van der Waals surface area contributed by atoms with E-state index >= 15 is 0 Å². The van der Waals surface area contributed by atoms with Gasteiger partial charge in [0.05, 0.1) is 0 Å². The standard InChI is InChI=1S/C11H23NO/c1-6-7-8-11(13)12(9(2)3)10(4)5/h9-10H,6-8H2,1-5H3. The van der Waals surface area contributed by atoms with E-state index in [1.165, 1.54) is 0 Å². The van der Waals surface area contributed by atoms with E-state index in [0.29, 0.717) is 24.4 Å². The average molecular weight is 185 g/mol. The number of carbonyl (C=O) groups excluding carboxylic acids is 1. The largest absolute Gasteiger partial charge is 0.338 e. The van der Waals surface area contributed by atoms with Gasteiger partial charge in [-0.25, -0.2) is 0 Å². The van der Waals surface area contributed by atoms with Gasteiger partial charge in [-0.15, -0.1) is 0 Å². The van der Waals surface area contributed by atoms with Crippen molar-refractivity contribution < 1.29 is 4.79 Å². The maximum Gasteiger partial charge on any atom is 0.223 e. The number of carbonyl (C=O) groups is 1. The third-order valence-corrected chi connectivity index (χ3v) is 2.14. The fourth-order valence-electron chi connectivity index (χ4n) is 1.63. The molecule has 0 atom stereocenters. The van der Waals surface area contributed by atoms with E-state index in [1.54, 1.807) is 0 Å². The monoisotopic (exact) mass is 185 g/mol. The van der Waals surface area contributed by atoms with Crippen LogP contribution in [0.15, 0.2) is 0 Å². The summed E-state index contributed by atoms with van der Waals surface area (Å²) in [6.45, 7) is 10.4. The fraction of sp³-hybridized carbons (Fsp3) is 0.909. The zero-order valence-electron chi connectivity index (χ0n) is 9.63. The van der Waals surface area contributed by atoms with Gasteiger partial charge >= 0.3 is 0 Å². The average Bonchev–Trinajstić information content (AvgIpc) is 1.99. The zero-order valence-corrected chi connectivity index (χ0v) is 9.63. The number of rotatable bonds is 5. The van der Waals surface area contributed by atoms with Crippen LogP contribution < -0.4 is 0 Å². The molecule has 0 rings (SSSR count). The molecule has 0 aliphatic rings. The summed E-state index contributed by atoms with van der Waals surface area (Å²) in [5, 5.41) is 0. The maximum absolute atomic E-state index is 11.7. The highest BCUT2D eigenvalue weighted by atomic mass is 16.2. The Labute approximate surface area is 82.3 Å². The molecule has 0 spiro atoms. The van der Waals surface area contributed by atoms with E-state index in [9.17, 15) is 4.79 Å². The summed E-state index contributed by atoms with van der Waals surface area (Å²) in [7, 11) is 0. The van der Waals surface area contributed by atoms with Crippen LogP contribution in [0.3, 0.4) is 0 Å². The first-order valence-corrected chi connectivity index (χ1v) is 5.31. The highest BCUT2D eigenvalue weighted by Gasteiger charge is 2.18. The molecule has 1 amide bonds. The molecule has 78 valence electrons. The lowest BCUT2D eigenvalue weighted by atomic mass is 10.1. The molecule has 0 saturated heterocycles. The van der Waals surface area contributed by atoms with E-state index < -0.39 is 0 Å². The van der Waals surface area contributed by atoms with Crippen molar-refractivity contribution in [2.24, 2.45) is 0 Å². The first-order valence-electron chi connectivity index (χ1n) is 5.31. The first-order chi connectivity index (χ1) is 6.00. The van der Waals surface area contributed by atoms with Crippen LogP contribution in [0.2, 0.25) is 0 Å². The quantitative estimate of drug-likeness (QED) is 0.645. The van der Waals surface area contributed by atoms with Crippen molar-refractivity contribution in [2.75, 3.05) is 0 Å². The van der Waals surface area contributed by atoms with Gasteiger partial charge in [0.1, 0.15) is 0 Å². The second kappa shape index (κ2) is 6.01. The Kier molecular flexibility index (Phi) is 5.76. The highest BCUT2D eigenvalue weighted by molar-refractivity contribution is 5.76. The zero-order chi connectivity index (χ0) is 10.4. The molecular weight excluding hydrogens is 162 g/mol. The maximum atomic E-state index is 11.7. The van der Waals surface area contributed by atoms with Gasteiger partial charge in [0, 0.05) is 18.5 Å². The predicted molar refractivity (Wildman–Crippen MR) is 56.6 cm³/mol. The molecule has 0 aromatic rings. The van der Waals surface area contributed by atoms with Crippen LogP contribution in [0.5, 0.6) is 0 Å². The van der Waals surface area contributed by atoms with Gasteiger partial charge in [0.15, 0.2) is 0 Å². The van der Waals surface area contributed by atoms with Crippen molar-refractivity contribution in [1.82, 2.24) is 4.90 Å². The van der Waals surface area contributed by atoms with Crippen LogP contribution in [0.25, 0.3) is 0 Å². The molecule has 0 heterocycles. The van der Waals surface area contributed by atoms with Crippen molar-refractivity contribution in [3.8, 4) is 0 Å². The lowest BCUT2D eigenvalue weighted by Gasteiger charge is -2.30. The summed E-state index contributed by atoms with van der Waals surface area (Å²) < 4.78 is 0. The third-order valence-electron chi connectivity index (χ3n) is 2.14. The Morgan fingerprint density at radius 1 is 1.15 bits per heavy atom. The molecule has 13 heavy (non-hydrogen) atoms. The second-order valence-corrected chi connectivity index (χ2v) is 4.09. The first kappa shape index (κ1) is 12.5. The number of nitrogens with zero attached hydrogens (tertiary/aromatic N) is 1. The van der Waals surface area contributed by atoms with Crippen LogP contribution in [0, 0.1) is 0 Å². The molecule has 0 aromatic carbocycles. The third kappa shape index (κ3) is 4.30. The number of unbranched alkanes of at least 4 members (excludes halogenated alkanes) is 1. The number of hydrogen-bond donors (Lipinski definition) is 0. The van der Waals surface area contributed by atoms with Gasteiger partial charge in [-0.2, -0.15) is 0 Å². The molecular formula is C11H23NO. The topological polar surface area (TPSA) is 20.3 Å². The minimum atomic E-state index is 0.298. The van der Waals surface area contributed by atoms with Gasteiger partial charge in [0.25, 0.3) is 0 Å². The Morgan fingerprint density at radius 3 is 1.92 bits per heavy atom. The van der Waals surface area contributed by atoms with E-state index in [1.807, 2.05) is 4.90 Å². The van der Waals surface area contributed by atoms with E-state index in [0.717, 1.165) is 12.8 Å². The molecule has 0 aliphatic carbocycles. The van der Waals surface area contributed by atoms with Gasteiger partial charge in [-0.1, -0.05) is 13.3 Å². The Bertz CT molecular complexity index is 144. The molecule has 2 nitrogen and oxygen atoms in total. The molecule has 0 radical (unpaired) electrons. The van der Waals surface area contributed by atoms with Crippen LogP contribution in [0.4, 0.5) is 0 Å². The van der Waals surface area contributed by atoms with Crippen molar-refractivity contribution >= 4 is 5.91 Å². The summed E-state index contributed by atoms with van der Waals surface area (Å²) >= 11 is 0. The Morgan fingerprint density at radius 2 is 1.62 bits per heavy atom. The molecule has 0 aromatic heterocycles. The predicted octanol–water partition coefficient (Wildman–Crippen LogP) is 2.82. The molecule has 0 unspecified atom stereocenters. The molecule has 0 fully saturated rings. The van der Waals surface area contributed by atoms with Crippen molar-refractivity contribution in [3.63, 3.8) is 0 Å². The van der Waals surface area contributed by atoms with Crippen LogP contribution >= 0.6 is 0 Å². The van der Waals surface area contributed by atoms with Crippen LogP contribution in [0.1, 0.15) is 53.9 Å². The molecule has 0 bridgehead atoms. The lowest BCUT2D eigenvalue weighted by Crippen LogP contribution is -2.41. The van der Waals surface area contributed by atoms with E-state index in [4.69, 9.17) is 0 Å². The molecule has 2 heteroatoms. The lowest BCUT2D eigenvalue weighted by molar-refractivity contribution is -0.134. The van der Waals surface area contributed by atoms with Gasteiger partial charge in [-0.3, -0.25) is 4.79 Å². The minimum Gasteiger partial charge on any atom is -0.338 e. The van der Waals surface area contributed by atoms with E-state index in [2.05, 4.69) is 34.6 Å². The molecule has 0 aliphatic heterocycles.